The van der Waals surface area contributed by atoms with Gasteiger partial charge in [0.05, 0.1) is 18.3 Å². The van der Waals surface area contributed by atoms with Gasteiger partial charge in [-0.1, -0.05) is 36.4 Å². The number of nitrogens with one attached hydrogen (secondary N) is 1. The molecule has 0 saturated carbocycles. The number of amides is 1. The van der Waals surface area contributed by atoms with Crippen molar-refractivity contribution in [3.8, 4) is 11.1 Å². The Hall–Kier alpha value is -2.92. The largest absolute Gasteiger partial charge is 0.392 e. The first kappa shape index (κ1) is 18.9. The zero-order valence-corrected chi connectivity index (χ0v) is 15.9. The predicted octanol–water partition coefficient (Wildman–Crippen LogP) is 3.65. The van der Waals surface area contributed by atoms with Crippen LogP contribution in [0, 0.1) is 13.8 Å². The van der Waals surface area contributed by atoms with Crippen LogP contribution < -0.4 is 5.32 Å². The Kier molecular flexibility index (Phi) is 5.72. The third-order valence-corrected chi connectivity index (χ3v) is 4.61. The van der Waals surface area contributed by atoms with E-state index in [0.717, 1.165) is 28.1 Å². The topological polar surface area (TPSA) is 67.2 Å². The normalized spacial score (nSPS) is 12.0. The van der Waals surface area contributed by atoms with Gasteiger partial charge < -0.3 is 10.4 Å². The molecule has 3 rings (SSSR count). The molecule has 5 nitrogen and oxygen atoms in total. The fraction of sp³-hybridized carbons (Fsp3) is 0.273. The van der Waals surface area contributed by atoms with Crippen molar-refractivity contribution in [2.45, 2.75) is 33.4 Å². The molecule has 27 heavy (non-hydrogen) atoms. The van der Waals surface area contributed by atoms with Gasteiger partial charge in [-0.05, 0) is 55.7 Å². The summed E-state index contributed by atoms with van der Waals surface area (Å²) in [6.45, 7) is 6.56. The number of hydrogen-bond acceptors (Lipinski definition) is 3. The number of aliphatic hydroxyl groups is 1. The first-order valence-corrected chi connectivity index (χ1v) is 9.09. The van der Waals surface area contributed by atoms with Gasteiger partial charge in [-0.15, -0.1) is 0 Å². The SMILES string of the molecule is Cc1cc(C)n([C@@H](C)CNC(=O)c2cccc(-c3ccc(CO)cc3)c2)n1. The molecule has 140 valence electrons. The molecule has 1 amide bonds. The molecule has 0 spiro atoms. The summed E-state index contributed by atoms with van der Waals surface area (Å²) in [6, 6.07) is 17.3. The Morgan fingerprint density at radius 1 is 1.11 bits per heavy atom. The van der Waals surface area contributed by atoms with E-state index in [-0.39, 0.29) is 18.6 Å². The molecule has 1 heterocycles. The van der Waals surface area contributed by atoms with Crippen molar-refractivity contribution in [1.82, 2.24) is 15.1 Å². The van der Waals surface area contributed by atoms with E-state index in [1.165, 1.54) is 0 Å². The quantitative estimate of drug-likeness (QED) is 0.702. The zero-order valence-electron chi connectivity index (χ0n) is 15.9. The minimum Gasteiger partial charge on any atom is -0.392 e. The molecule has 2 N–H and O–H groups in total. The molecular weight excluding hydrogens is 338 g/mol. The Balaban J connectivity index is 1.68. The molecule has 0 aliphatic carbocycles. The first-order chi connectivity index (χ1) is 13.0. The van der Waals surface area contributed by atoms with Crippen LogP contribution >= 0.6 is 0 Å². The van der Waals surface area contributed by atoms with Crippen LogP contribution in [0.2, 0.25) is 0 Å². The second kappa shape index (κ2) is 8.18. The maximum Gasteiger partial charge on any atom is 0.251 e. The monoisotopic (exact) mass is 363 g/mol. The average Bonchev–Trinajstić information content (AvgIpc) is 3.04. The van der Waals surface area contributed by atoms with E-state index >= 15 is 0 Å². The van der Waals surface area contributed by atoms with Gasteiger partial charge in [-0.2, -0.15) is 5.10 Å². The number of aliphatic hydroxyl groups excluding tert-OH is 1. The van der Waals surface area contributed by atoms with E-state index in [9.17, 15) is 4.79 Å². The fourth-order valence-electron chi connectivity index (χ4n) is 3.16. The van der Waals surface area contributed by atoms with Gasteiger partial charge in [0.25, 0.3) is 5.91 Å². The second-order valence-electron chi connectivity index (χ2n) is 6.87. The van der Waals surface area contributed by atoms with E-state index < -0.39 is 0 Å². The third kappa shape index (κ3) is 4.44. The standard InChI is InChI=1S/C22H25N3O2/c1-15-11-16(2)25(24-15)17(3)13-23-22(27)21-6-4-5-20(12-21)19-9-7-18(14-26)8-10-19/h4-12,17,26H,13-14H2,1-3H3,(H,23,27)/t17-/m0/s1. The summed E-state index contributed by atoms with van der Waals surface area (Å²) >= 11 is 0. The van der Waals surface area contributed by atoms with Crippen molar-refractivity contribution < 1.29 is 9.90 Å². The summed E-state index contributed by atoms with van der Waals surface area (Å²) in [5.41, 5.74) is 5.54. The lowest BCUT2D eigenvalue weighted by atomic mass is 10.0. The molecule has 1 atom stereocenters. The minimum atomic E-state index is -0.0998. The van der Waals surface area contributed by atoms with Crippen LogP contribution in [0.4, 0.5) is 0 Å². The lowest BCUT2D eigenvalue weighted by molar-refractivity contribution is 0.0947. The van der Waals surface area contributed by atoms with Crippen LogP contribution in [0.25, 0.3) is 11.1 Å². The van der Waals surface area contributed by atoms with Crippen molar-refractivity contribution in [1.29, 1.82) is 0 Å². The highest BCUT2D eigenvalue weighted by atomic mass is 16.3. The second-order valence-corrected chi connectivity index (χ2v) is 6.87. The summed E-state index contributed by atoms with van der Waals surface area (Å²) in [5.74, 6) is -0.0998. The number of aromatic nitrogens is 2. The van der Waals surface area contributed by atoms with Crippen molar-refractivity contribution in [3.05, 3.63) is 77.1 Å². The molecule has 1 aromatic heterocycles. The van der Waals surface area contributed by atoms with Crippen molar-refractivity contribution in [3.63, 3.8) is 0 Å². The molecule has 0 saturated heterocycles. The molecule has 2 aromatic carbocycles. The van der Waals surface area contributed by atoms with E-state index in [1.807, 2.05) is 80.1 Å². The number of carbonyl (C=O) groups is 1. The highest BCUT2D eigenvalue weighted by molar-refractivity contribution is 5.95. The van der Waals surface area contributed by atoms with Crippen LogP contribution in [-0.2, 0) is 6.61 Å². The van der Waals surface area contributed by atoms with Gasteiger partial charge >= 0.3 is 0 Å². The molecule has 5 heteroatoms. The minimum absolute atomic E-state index is 0.0240. The molecule has 0 aliphatic heterocycles. The van der Waals surface area contributed by atoms with Crippen LogP contribution in [0.3, 0.4) is 0 Å². The Labute approximate surface area is 159 Å². The Bertz CT molecular complexity index is 929. The summed E-state index contributed by atoms with van der Waals surface area (Å²) in [5, 5.41) is 16.6. The smallest absolute Gasteiger partial charge is 0.251 e. The number of benzene rings is 2. The number of nitrogens with zero attached hydrogens (tertiary/aromatic N) is 2. The highest BCUT2D eigenvalue weighted by Crippen LogP contribution is 2.21. The lowest BCUT2D eigenvalue weighted by Crippen LogP contribution is -2.30. The van der Waals surface area contributed by atoms with E-state index in [1.54, 1.807) is 0 Å². The van der Waals surface area contributed by atoms with E-state index in [0.29, 0.717) is 12.1 Å². The summed E-state index contributed by atoms with van der Waals surface area (Å²) in [4.78, 5) is 12.6. The molecule has 0 aliphatic rings. The predicted molar refractivity (Wildman–Crippen MR) is 107 cm³/mol. The van der Waals surface area contributed by atoms with Gasteiger partial charge in [0.1, 0.15) is 0 Å². The summed E-state index contributed by atoms with van der Waals surface area (Å²) in [6.07, 6.45) is 0. The van der Waals surface area contributed by atoms with Gasteiger partial charge in [0, 0.05) is 17.8 Å². The first-order valence-electron chi connectivity index (χ1n) is 9.09. The lowest BCUT2D eigenvalue weighted by Gasteiger charge is -2.15. The maximum atomic E-state index is 12.6. The van der Waals surface area contributed by atoms with Gasteiger partial charge in [0.2, 0.25) is 0 Å². The summed E-state index contributed by atoms with van der Waals surface area (Å²) in [7, 11) is 0. The van der Waals surface area contributed by atoms with Crippen LogP contribution in [0.1, 0.15) is 40.3 Å². The zero-order chi connectivity index (χ0) is 19.4. The molecule has 0 fully saturated rings. The van der Waals surface area contributed by atoms with E-state index in [2.05, 4.69) is 10.4 Å². The van der Waals surface area contributed by atoms with Crippen LogP contribution in [0.15, 0.2) is 54.6 Å². The Morgan fingerprint density at radius 3 is 2.48 bits per heavy atom. The molecule has 0 unspecified atom stereocenters. The number of carbonyl (C=O) groups excluding carboxylic acids is 1. The van der Waals surface area contributed by atoms with Gasteiger partial charge in [-0.25, -0.2) is 0 Å². The molecule has 3 aromatic rings. The van der Waals surface area contributed by atoms with Gasteiger partial charge in [0.15, 0.2) is 0 Å². The van der Waals surface area contributed by atoms with Gasteiger partial charge in [-0.3, -0.25) is 9.48 Å². The maximum absolute atomic E-state index is 12.6. The van der Waals surface area contributed by atoms with Crippen LogP contribution in [0.5, 0.6) is 0 Å². The molecule has 0 bridgehead atoms. The van der Waals surface area contributed by atoms with E-state index in [4.69, 9.17) is 5.11 Å². The number of aryl methyl sites for hydroxylation is 2. The number of hydrogen-bond donors (Lipinski definition) is 2. The number of rotatable bonds is 6. The molecule has 0 radical (unpaired) electrons. The van der Waals surface area contributed by atoms with Crippen molar-refractivity contribution in [2.75, 3.05) is 6.54 Å². The average molecular weight is 363 g/mol. The molecular formula is C22H25N3O2. The van der Waals surface area contributed by atoms with Crippen LogP contribution in [-0.4, -0.2) is 27.3 Å². The fourth-order valence-corrected chi connectivity index (χ4v) is 3.16. The van der Waals surface area contributed by atoms with Crippen molar-refractivity contribution in [2.24, 2.45) is 0 Å². The van der Waals surface area contributed by atoms with Crippen molar-refractivity contribution >= 4 is 5.91 Å². The summed E-state index contributed by atoms with van der Waals surface area (Å²) < 4.78 is 1.94. The Morgan fingerprint density at radius 2 is 1.85 bits per heavy atom. The highest BCUT2D eigenvalue weighted by Gasteiger charge is 2.12. The third-order valence-electron chi connectivity index (χ3n) is 4.61.